The van der Waals surface area contributed by atoms with Crippen LogP contribution in [-0.4, -0.2) is 26.3 Å². The van der Waals surface area contributed by atoms with E-state index < -0.39 is 5.82 Å². The van der Waals surface area contributed by atoms with Crippen molar-refractivity contribution in [1.29, 1.82) is 0 Å². The Morgan fingerprint density at radius 2 is 2.04 bits per heavy atom. The molecular formula is C18H19F2NO2. The zero-order valence-electron chi connectivity index (χ0n) is 12.9. The first kappa shape index (κ1) is 15.9. The van der Waals surface area contributed by atoms with Gasteiger partial charge in [0.15, 0.2) is 11.6 Å². The molecule has 1 saturated heterocycles. The maximum atomic E-state index is 14.5. The molecule has 1 aliphatic rings. The van der Waals surface area contributed by atoms with Crippen LogP contribution in [0.3, 0.4) is 0 Å². The molecule has 3 rings (SSSR count). The summed E-state index contributed by atoms with van der Waals surface area (Å²) in [6.07, 6.45) is 1.04. The van der Waals surface area contributed by atoms with Gasteiger partial charge in [0.2, 0.25) is 0 Å². The molecular weight excluding hydrogens is 300 g/mol. The van der Waals surface area contributed by atoms with Crippen LogP contribution in [0.25, 0.3) is 11.1 Å². The zero-order valence-corrected chi connectivity index (χ0v) is 12.9. The summed E-state index contributed by atoms with van der Waals surface area (Å²) in [6.45, 7) is 1.96. The first-order chi connectivity index (χ1) is 11.2. The molecule has 0 saturated carbocycles. The third kappa shape index (κ3) is 3.51. The van der Waals surface area contributed by atoms with E-state index in [9.17, 15) is 8.78 Å². The molecule has 0 spiro atoms. The molecule has 1 aliphatic heterocycles. The number of halogens is 2. The van der Waals surface area contributed by atoms with Crippen LogP contribution in [0.2, 0.25) is 0 Å². The van der Waals surface area contributed by atoms with Crippen LogP contribution in [0.15, 0.2) is 36.4 Å². The minimum absolute atomic E-state index is 0.112. The Labute approximate surface area is 134 Å². The van der Waals surface area contributed by atoms with E-state index in [1.54, 1.807) is 24.3 Å². The van der Waals surface area contributed by atoms with Crippen molar-refractivity contribution in [2.75, 3.05) is 20.2 Å². The second-order valence-corrected chi connectivity index (χ2v) is 5.55. The summed E-state index contributed by atoms with van der Waals surface area (Å²) in [5.41, 5.74) is 1.63. The molecule has 1 heterocycles. The van der Waals surface area contributed by atoms with E-state index in [2.05, 4.69) is 5.32 Å². The highest BCUT2D eigenvalue weighted by atomic mass is 19.1. The number of nitrogens with one attached hydrogen (secondary N) is 1. The number of hydrogen-bond donors (Lipinski definition) is 1. The Kier molecular flexibility index (Phi) is 4.88. The SMILES string of the molecule is COc1cccc(-c2ccc(F)cc2CO[C@H]2CCNC2)c1F. The quantitative estimate of drug-likeness (QED) is 0.915. The van der Waals surface area contributed by atoms with E-state index in [-0.39, 0.29) is 24.3 Å². The predicted octanol–water partition coefficient (Wildman–Crippen LogP) is 3.52. The van der Waals surface area contributed by atoms with Gasteiger partial charge in [-0.3, -0.25) is 0 Å². The molecule has 1 fully saturated rings. The first-order valence-corrected chi connectivity index (χ1v) is 7.62. The molecule has 0 unspecified atom stereocenters. The van der Waals surface area contributed by atoms with Crippen molar-refractivity contribution in [3.05, 3.63) is 53.6 Å². The van der Waals surface area contributed by atoms with Gasteiger partial charge in [0.05, 0.1) is 19.8 Å². The highest BCUT2D eigenvalue weighted by Crippen LogP contribution is 2.32. The molecule has 0 aromatic heterocycles. The standard InChI is InChI=1S/C18H19F2NO2/c1-22-17-4-2-3-16(18(17)20)15-6-5-13(19)9-12(15)11-23-14-7-8-21-10-14/h2-6,9,14,21H,7-8,10-11H2,1H3/t14-/m0/s1. The highest BCUT2D eigenvalue weighted by Gasteiger charge is 2.18. The Hall–Kier alpha value is -1.98. The minimum Gasteiger partial charge on any atom is -0.494 e. The predicted molar refractivity (Wildman–Crippen MR) is 84.4 cm³/mol. The fourth-order valence-corrected chi connectivity index (χ4v) is 2.80. The molecule has 122 valence electrons. The molecule has 0 bridgehead atoms. The largest absolute Gasteiger partial charge is 0.494 e. The second kappa shape index (κ2) is 7.06. The van der Waals surface area contributed by atoms with Gasteiger partial charge in [0.1, 0.15) is 5.82 Å². The van der Waals surface area contributed by atoms with Gasteiger partial charge in [0, 0.05) is 12.1 Å². The number of ether oxygens (including phenoxy) is 2. The van der Waals surface area contributed by atoms with Crippen LogP contribution in [0, 0.1) is 11.6 Å². The molecule has 1 atom stereocenters. The summed E-state index contributed by atoms with van der Waals surface area (Å²) < 4.78 is 39.0. The van der Waals surface area contributed by atoms with Crippen LogP contribution >= 0.6 is 0 Å². The lowest BCUT2D eigenvalue weighted by atomic mass is 9.99. The van der Waals surface area contributed by atoms with Crippen molar-refractivity contribution in [1.82, 2.24) is 5.32 Å². The summed E-state index contributed by atoms with van der Waals surface area (Å²) in [7, 11) is 1.42. The molecule has 2 aromatic carbocycles. The number of rotatable bonds is 5. The van der Waals surface area contributed by atoms with Crippen molar-refractivity contribution in [2.45, 2.75) is 19.1 Å². The number of methoxy groups -OCH3 is 1. The molecule has 23 heavy (non-hydrogen) atoms. The first-order valence-electron chi connectivity index (χ1n) is 7.62. The van der Waals surface area contributed by atoms with Gasteiger partial charge < -0.3 is 14.8 Å². The number of hydrogen-bond acceptors (Lipinski definition) is 3. The third-order valence-corrected chi connectivity index (χ3v) is 4.03. The normalized spacial score (nSPS) is 17.4. The van der Waals surface area contributed by atoms with E-state index in [0.29, 0.717) is 16.7 Å². The summed E-state index contributed by atoms with van der Waals surface area (Å²) in [4.78, 5) is 0. The monoisotopic (exact) mass is 319 g/mol. The Morgan fingerprint density at radius 1 is 1.17 bits per heavy atom. The lowest BCUT2D eigenvalue weighted by molar-refractivity contribution is 0.0543. The lowest BCUT2D eigenvalue weighted by Gasteiger charge is -2.15. The van der Waals surface area contributed by atoms with Crippen LogP contribution in [0.4, 0.5) is 8.78 Å². The van der Waals surface area contributed by atoms with Gasteiger partial charge in [-0.25, -0.2) is 8.78 Å². The molecule has 5 heteroatoms. The van der Waals surface area contributed by atoms with Crippen LogP contribution in [0.1, 0.15) is 12.0 Å². The van der Waals surface area contributed by atoms with Gasteiger partial charge in [-0.15, -0.1) is 0 Å². The van der Waals surface area contributed by atoms with E-state index in [1.165, 1.54) is 19.2 Å². The van der Waals surface area contributed by atoms with Crippen molar-refractivity contribution in [3.8, 4) is 16.9 Å². The fourth-order valence-electron chi connectivity index (χ4n) is 2.80. The smallest absolute Gasteiger partial charge is 0.172 e. The van der Waals surface area contributed by atoms with Gasteiger partial charge >= 0.3 is 0 Å². The zero-order chi connectivity index (χ0) is 16.2. The summed E-state index contributed by atoms with van der Waals surface area (Å²) in [5, 5.41) is 3.21. The van der Waals surface area contributed by atoms with Gasteiger partial charge in [-0.2, -0.15) is 0 Å². The van der Waals surface area contributed by atoms with Crippen LogP contribution < -0.4 is 10.1 Å². The van der Waals surface area contributed by atoms with Crippen molar-refractivity contribution >= 4 is 0 Å². The van der Waals surface area contributed by atoms with Crippen molar-refractivity contribution in [3.63, 3.8) is 0 Å². The Bertz CT molecular complexity index is 685. The molecule has 2 aromatic rings. The van der Waals surface area contributed by atoms with Crippen LogP contribution in [0.5, 0.6) is 5.75 Å². The Balaban J connectivity index is 1.92. The Morgan fingerprint density at radius 3 is 2.78 bits per heavy atom. The average Bonchev–Trinajstić information content (AvgIpc) is 3.07. The van der Waals surface area contributed by atoms with Crippen molar-refractivity contribution in [2.24, 2.45) is 0 Å². The molecule has 0 amide bonds. The highest BCUT2D eigenvalue weighted by molar-refractivity contribution is 5.69. The summed E-state index contributed by atoms with van der Waals surface area (Å²) in [6, 6.07) is 9.24. The van der Waals surface area contributed by atoms with Gasteiger partial charge in [-0.1, -0.05) is 18.2 Å². The third-order valence-electron chi connectivity index (χ3n) is 4.03. The number of benzene rings is 2. The topological polar surface area (TPSA) is 30.5 Å². The van der Waals surface area contributed by atoms with E-state index >= 15 is 0 Å². The maximum Gasteiger partial charge on any atom is 0.172 e. The lowest BCUT2D eigenvalue weighted by Crippen LogP contribution is -2.16. The molecule has 3 nitrogen and oxygen atoms in total. The molecule has 0 aliphatic carbocycles. The minimum atomic E-state index is -0.453. The fraction of sp³-hybridized carbons (Fsp3) is 0.333. The van der Waals surface area contributed by atoms with Gasteiger partial charge in [-0.05, 0) is 42.3 Å². The molecule has 1 N–H and O–H groups in total. The van der Waals surface area contributed by atoms with E-state index in [1.807, 2.05) is 0 Å². The summed E-state index contributed by atoms with van der Waals surface area (Å²) >= 11 is 0. The van der Waals surface area contributed by atoms with Gasteiger partial charge in [0.25, 0.3) is 0 Å². The average molecular weight is 319 g/mol. The van der Waals surface area contributed by atoms with Crippen molar-refractivity contribution < 1.29 is 18.3 Å². The molecule has 0 radical (unpaired) electrons. The maximum absolute atomic E-state index is 14.5. The summed E-state index contributed by atoms with van der Waals surface area (Å²) in [5.74, 6) is -0.649. The van der Waals surface area contributed by atoms with E-state index in [4.69, 9.17) is 9.47 Å². The second-order valence-electron chi connectivity index (χ2n) is 5.55. The van der Waals surface area contributed by atoms with E-state index in [0.717, 1.165) is 19.5 Å². The van der Waals surface area contributed by atoms with Crippen LogP contribution in [-0.2, 0) is 11.3 Å².